The van der Waals surface area contributed by atoms with E-state index in [4.69, 9.17) is 0 Å². The van der Waals surface area contributed by atoms with Crippen LogP contribution in [0.2, 0.25) is 0 Å². The van der Waals surface area contributed by atoms with Crippen molar-refractivity contribution < 1.29 is 22.7 Å². The third kappa shape index (κ3) is 6.23. The Labute approximate surface area is 232 Å². The van der Waals surface area contributed by atoms with Gasteiger partial charge in [-0.3, -0.25) is 9.69 Å². The minimum absolute atomic E-state index is 0.00743. The molecule has 0 atom stereocenters. The third-order valence-corrected chi connectivity index (χ3v) is 6.93. The maximum absolute atomic E-state index is 12.8. The Morgan fingerprint density at radius 3 is 2.38 bits per heavy atom. The summed E-state index contributed by atoms with van der Waals surface area (Å²) in [6.45, 7) is 3.94. The molecule has 5 rings (SSSR count). The summed E-state index contributed by atoms with van der Waals surface area (Å²) < 4.78 is 42.5. The summed E-state index contributed by atoms with van der Waals surface area (Å²) >= 11 is 1.49. The molecule has 8 nitrogen and oxygen atoms in total. The van der Waals surface area contributed by atoms with E-state index in [2.05, 4.69) is 25.0 Å². The molecule has 1 fully saturated rings. The number of amidine groups is 1. The fraction of sp³-hybridized carbons (Fsp3) is 0.179. The van der Waals surface area contributed by atoms with Crippen LogP contribution in [-0.2, 0) is 4.79 Å². The minimum atomic E-state index is -4.75. The van der Waals surface area contributed by atoms with Crippen molar-refractivity contribution in [2.45, 2.75) is 26.6 Å². The van der Waals surface area contributed by atoms with E-state index in [1.165, 1.54) is 47.0 Å². The number of thioether (sulfide) groups is 1. The lowest BCUT2D eigenvalue weighted by atomic mass is 10.1. The number of halogens is 3. The summed E-state index contributed by atoms with van der Waals surface area (Å²) in [6.07, 6.45) is -1.23. The van der Waals surface area contributed by atoms with Gasteiger partial charge >= 0.3 is 6.36 Å². The largest absolute Gasteiger partial charge is 0.573 e. The van der Waals surface area contributed by atoms with Crippen LogP contribution < -0.4 is 9.64 Å². The molecule has 0 N–H and O–H groups in total. The number of nitrogens with zero attached hydrogens (tertiary/aromatic N) is 6. The molecule has 1 aromatic heterocycles. The van der Waals surface area contributed by atoms with Crippen LogP contribution in [-0.4, -0.2) is 44.2 Å². The van der Waals surface area contributed by atoms with Crippen molar-refractivity contribution >= 4 is 34.7 Å². The van der Waals surface area contributed by atoms with Gasteiger partial charge < -0.3 is 4.74 Å². The second kappa shape index (κ2) is 11.3. The maximum atomic E-state index is 12.8. The van der Waals surface area contributed by atoms with E-state index < -0.39 is 6.36 Å². The van der Waals surface area contributed by atoms with Crippen LogP contribution in [0.4, 0.5) is 18.9 Å². The molecule has 1 amide bonds. The average molecular weight is 565 g/mol. The van der Waals surface area contributed by atoms with Crippen molar-refractivity contribution in [2.24, 2.45) is 10.2 Å². The van der Waals surface area contributed by atoms with Gasteiger partial charge in [0, 0.05) is 17.7 Å². The van der Waals surface area contributed by atoms with Crippen molar-refractivity contribution in [1.82, 2.24) is 14.8 Å². The van der Waals surface area contributed by atoms with Crippen LogP contribution in [0.5, 0.6) is 5.75 Å². The summed E-state index contributed by atoms with van der Waals surface area (Å²) in [7, 11) is 0. The molecule has 40 heavy (non-hydrogen) atoms. The van der Waals surface area contributed by atoms with Crippen LogP contribution in [0.15, 0.2) is 83.3 Å². The number of amides is 1. The molecule has 2 heterocycles. The predicted octanol–water partition coefficient (Wildman–Crippen LogP) is 6.31. The van der Waals surface area contributed by atoms with Crippen molar-refractivity contribution in [2.75, 3.05) is 10.7 Å². The number of para-hydroxylation sites is 1. The molecule has 0 bridgehead atoms. The number of rotatable bonds is 6. The number of aryl methyl sites for hydroxylation is 2. The zero-order valence-electron chi connectivity index (χ0n) is 21.5. The van der Waals surface area contributed by atoms with Crippen LogP contribution >= 0.6 is 11.8 Å². The molecule has 3 aromatic carbocycles. The molecule has 4 aromatic rings. The first-order valence-electron chi connectivity index (χ1n) is 12.2. The Balaban J connectivity index is 1.29. The van der Waals surface area contributed by atoms with Gasteiger partial charge in [-0.1, -0.05) is 54.2 Å². The first-order valence-corrected chi connectivity index (χ1v) is 13.2. The van der Waals surface area contributed by atoms with Gasteiger partial charge in [-0.2, -0.15) is 5.10 Å². The summed E-state index contributed by atoms with van der Waals surface area (Å²) in [5.41, 5.74) is 4.89. The van der Waals surface area contributed by atoms with E-state index in [0.29, 0.717) is 28.9 Å². The van der Waals surface area contributed by atoms with Gasteiger partial charge in [0.1, 0.15) is 12.1 Å². The molecule has 0 radical (unpaired) electrons. The number of carbonyl (C=O) groups is 1. The highest BCUT2D eigenvalue weighted by atomic mass is 32.2. The summed E-state index contributed by atoms with van der Waals surface area (Å²) in [5, 5.41) is 13.6. The number of hydrogen-bond donors (Lipinski definition) is 0. The summed E-state index contributed by atoms with van der Waals surface area (Å²) in [4.78, 5) is 18.7. The van der Waals surface area contributed by atoms with Gasteiger partial charge in [-0.15, -0.1) is 23.4 Å². The number of benzene rings is 3. The normalized spacial score (nSPS) is 15.3. The minimum Gasteiger partial charge on any atom is -0.406 e. The van der Waals surface area contributed by atoms with E-state index in [9.17, 15) is 18.0 Å². The third-order valence-electron chi connectivity index (χ3n) is 6.00. The smallest absolute Gasteiger partial charge is 0.406 e. The van der Waals surface area contributed by atoms with E-state index in [0.717, 1.165) is 27.9 Å². The van der Waals surface area contributed by atoms with Gasteiger partial charge in [0.25, 0.3) is 0 Å². The fourth-order valence-corrected chi connectivity index (χ4v) is 5.03. The highest BCUT2D eigenvalue weighted by Gasteiger charge is 2.31. The standard InChI is InChI=1S/C28H23F3N6O2S/c1-18-4-3-5-19(2)25(18)37-24(38)14-15-40-27(37)34-33-16-20-6-8-21(9-7-20)26-32-17-36(35-26)22-10-12-23(13-11-22)39-28(29,30)31/h3-13,16-17H,14-15H2,1-2H3. The highest BCUT2D eigenvalue weighted by molar-refractivity contribution is 8.14. The number of alkyl halides is 3. The highest BCUT2D eigenvalue weighted by Crippen LogP contribution is 2.31. The zero-order chi connectivity index (χ0) is 28.3. The first kappa shape index (κ1) is 27.1. The molecule has 1 aliphatic heterocycles. The Hall–Kier alpha value is -4.45. The zero-order valence-corrected chi connectivity index (χ0v) is 22.3. The number of aromatic nitrogens is 3. The lowest BCUT2D eigenvalue weighted by molar-refractivity contribution is -0.274. The number of carbonyl (C=O) groups excluding carboxylic acids is 1. The molecular weight excluding hydrogens is 541 g/mol. The van der Waals surface area contributed by atoms with Crippen LogP contribution in [0.25, 0.3) is 17.1 Å². The quantitative estimate of drug-likeness (QED) is 0.202. The monoisotopic (exact) mass is 564 g/mol. The Morgan fingerprint density at radius 1 is 1.00 bits per heavy atom. The van der Waals surface area contributed by atoms with E-state index in [-0.39, 0.29) is 11.7 Å². The Kier molecular flexibility index (Phi) is 7.69. The molecule has 0 spiro atoms. The first-order chi connectivity index (χ1) is 19.2. The van der Waals surface area contributed by atoms with Crippen LogP contribution in [0.1, 0.15) is 23.1 Å². The van der Waals surface area contributed by atoms with E-state index in [1.54, 1.807) is 11.1 Å². The fourth-order valence-electron chi connectivity index (χ4n) is 4.15. The second-order valence-corrected chi connectivity index (χ2v) is 9.93. The predicted molar refractivity (Wildman–Crippen MR) is 149 cm³/mol. The van der Waals surface area contributed by atoms with Crippen molar-refractivity contribution in [3.63, 3.8) is 0 Å². The molecule has 204 valence electrons. The molecule has 1 saturated heterocycles. The molecule has 0 unspecified atom stereocenters. The molecule has 1 aliphatic rings. The topological polar surface area (TPSA) is 85.0 Å². The SMILES string of the molecule is Cc1cccc(C)c1N1C(=O)CCSC1=NN=Cc1ccc(-c2ncn(-c3ccc(OC(F)(F)F)cc3)n2)cc1. The van der Waals surface area contributed by atoms with Gasteiger partial charge in [-0.25, -0.2) is 9.67 Å². The van der Waals surface area contributed by atoms with Gasteiger partial charge in [0.05, 0.1) is 17.6 Å². The number of ether oxygens (including phenoxy) is 1. The lowest BCUT2D eigenvalue weighted by Crippen LogP contribution is -2.40. The number of anilines is 1. The van der Waals surface area contributed by atoms with Gasteiger partial charge in [0.2, 0.25) is 5.91 Å². The summed E-state index contributed by atoms with van der Waals surface area (Å²) in [6, 6.07) is 18.6. The van der Waals surface area contributed by atoms with Gasteiger partial charge in [0.15, 0.2) is 11.0 Å². The molecule has 12 heteroatoms. The second-order valence-electron chi connectivity index (χ2n) is 8.87. The van der Waals surface area contributed by atoms with E-state index in [1.807, 2.05) is 56.3 Å². The molecule has 0 saturated carbocycles. The maximum Gasteiger partial charge on any atom is 0.573 e. The average Bonchev–Trinajstić information content (AvgIpc) is 3.40. The lowest BCUT2D eigenvalue weighted by Gasteiger charge is -2.29. The summed E-state index contributed by atoms with van der Waals surface area (Å²) in [5.74, 6) is 0.771. The van der Waals surface area contributed by atoms with Crippen LogP contribution in [0.3, 0.4) is 0 Å². The van der Waals surface area contributed by atoms with Crippen molar-refractivity contribution in [1.29, 1.82) is 0 Å². The van der Waals surface area contributed by atoms with Gasteiger partial charge in [-0.05, 0) is 54.8 Å². The molecule has 0 aliphatic carbocycles. The van der Waals surface area contributed by atoms with Crippen molar-refractivity contribution in [3.05, 3.63) is 89.7 Å². The van der Waals surface area contributed by atoms with Crippen LogP contribution in [0, 0.1) is 13.8 Å². The van der Waals surface area contributed by atoms with Crippen molar-refractivity contribution in [3.8, 4) is 22.8 Å². The number of hydrogen-bond acceptors (Lipinski definition) is 7. The Morgan fingerprint density at radius 2 is 1.70 bits per heavy atom. The molecular formula is C28H23F3N6O2S. The van der Waals surface area contributed by atoms with E-state index >= 15 is 0 Å². The Bertz CT molecular complexity index is 1560.